The summed E-state index contributed by atoms with van der Waals surface area (Å²) in [6.45, 7) is 1.59. The highest BCUT2D eigenvalue weighted by molar-refractivity contribution is 5.82. The minimum absolute atomic E-state index is 0.0448. The molecule has 0 aliphatic heterocycles. The summed E-state index contributed by atoms with van der Waals surface area (Å²) in [6.07, 6.45) is 3.87. The minimum atomic E-state index is -0.697. The molecule has 0 aliphatic carbocycles. The predicted octanol–water partition coefficient (Wildman–Crippen LogP) is 0.278. The third-order valence-electron chi connectivity index (χ3n) is 2.35. The Balaban J connectivity index is 0. The van der Waals surface area contributed by atoms with Gasteiger partial charge in [0.25, 0.3) is 0 Å². The van der Waals surface area contributed by atoms with Crippen LogP contribution in [0.4, 0.5) is 0 Å². The largest absolute Gasteiger partial charge is 0.469 e. The van der Waals surface area contributed by atoms with Crippen LogP contribution < -0.4 is 0 Å². The number of carbonyl (C=O) groups is 2. The van der Waals surface area contributed by atoms with Gasteiger partial charge in [0, 0.05) is 19.6 Å². The molecule has 0 aromatic rings. The molecule has 0 aromatic carbocycles. The van der Waals surface area contributed by atoms with Crippen molar-refractivity contribution >= 4 is 11.8 Å². The number of aliphatic hydroxyl groups is 3. The van der Waals surface area contributed by atoms with E-state index >= 15 is 0 Å². The SMILES string of the molecule is COC(=O)C(CO)CC(C)=O.OCCCCCCO. The third-order valence-corrected chi connectivity index (χ3v) is 2.35. The molecule has 19 heavy (non-hydrogen) atoms. The van der Waals surface area contributed by atoms with E-state index in [9.17, 15) is 9.59 Å². The Morgan fingerprint density at radius 1 is 1.00 bits per heavy atom. The number of ether oxygens (including phenoxy) is 1. The van der Waals surface area contributed by atoms with E-state index in [1.807, 2.05) is 0 Å². The molecular formula is C13H26O6. The first-order chi connectivity index (χ1) is 9.03. The summed E-state index contributed by atoms with van der Waals surface area (Å²) in [4.78, 5) is 21.3. The van der Waals surface area contributed by atoms with Gasteiger partial charge in [0.1, 0.15) is 5.78 Å². The van der Waals surface area contributed by atoms with Gasteiger partial charge < -0.3 is 24.9 Å². The Morgan fingerprint density at radius 3 is 1.74 bits per heavy atom. The summed E-state index contributed by atoms with van der Waals surface area (Å²) in [5.74, 6) is -1.37. The van der Waals surface area contributed by atoms with Crippen molar-refractivity contribution in [2.45, 2.75) is 39.0 Å². The lowest BCUT2D eigenvalue weighted by Gasteiger charge is -2.08. The monoisotopic (exact) mass is 278 g/mol. The van der Waals surface area contributed by atoms with Crippen molar-refractivity contribution in [1.82, 2.24) is 0 Å². The molecule has 0 saturated heterocycles. The average molecular weight is 278 g/mol. The van der Waals surface area contributed by atoms with Gasteiger partial charge in [-0.15, -0.1) is 0 Å². The summed E-state index contributed by atoms with van der Waals surface area (Å²) in [7, 11) is 1.23. The Bertz CT molecular complexity index is 223. The molecular weight excluding hydrogens is 252 g/mol. The summed E-state index contributed by atoms with van der Waals surface area (Å²) >= 11 is 0. The summed E-state index contributed by atoms with van der Waals surface area (Å²) < 4.78 is 4.35. The number of unbranched alkanes of at least 4 members (excludes halogenated alkanes) is 3. The molecule has 6 nitrogen and oxygen atoms in total. The number of carbonyl (C=O) groups excluding carboxylic acids is 2. The lowest BCUT2D eigenvalue weighted by Crippen LogP contribution is -2.22. The number of ketones is 1. The molecule has 0 aromatic heterocycles. The van der Waals surface area contributed by atoms with Crippen molar-refractivity contribution in [1.29, 1.82) is 0 Å². The molecule has 0 aliphatic rings. The number of hydrogen-bond donors (Lipinski definition) is 3. The maximum absolute atomic E-state index is 10.7. The van der Waals surface area contributed by atoms with Crippen molar-refractivity contribution in [3.63, 3.8) is 0 Å². The topological polar surface area (TPSA) is 104 Å². The second kappa shape index (κ2) is 15.1. The fourth-order valence-corrected chi connectivity index (χ4v) is 1.31. The van der Waals surface area contributed by atoms with Gasteiger partial charge in [-0.05, 0) is 19.8 Å². The molecule has 0 spiro atoms. The molecule has 6 heteroatoms. The normalized spacial score (nSPS) is 11.2. The molecule has 0 saturated carbocycles. The van der Waals surface area contributed by atoms with Gasteiger partial charge in [-0.2, -0.15) is 0 Å². The highest BCUT2D eigenvalue weighted by Gasteiger charge is 2.19. The first-order valence-corrected chi connectivity index (χ1v) is 6.43. The number of esters is 1. The molecule has 0 radical (unpaired) electrons. The van der Waals surface area contributed by atoms with Gasteiger partial charge in [-0.25, -0.2) is 0 Å². The zero-order valence-electron chi connectivity index (χ0n) is 11.8. The quantitative estimate of drug-likeness (QED) is 0.413. The van der Waals surface area contributed by atoms with Crippen LogP contribution in [0.15, 0.2) is 0 Å². The van der Waals surface area contributed by atoms with Crippen LogP contribution in [0.3, 0.4) is 0 Å². The van der Waals surface area contributed by atoms with E-state index in [0.717, 1.165) is 25.7 Å². The van der Waals surface area contributed by atoms with E-state index in [1.54, 1.807) is 0 Å². The van der Waals surface area contributed by atoms with Crippen LogP contribution in [0.2, 0.25) is 0 Å². The van der Waals surface area contributed by atoms with Crippen molar-refractivity contribution in [2.24, 2.45) is 5.92 Å². The van der Waals surface area contributed by atoms with Gasteiger partial charge in [-0.1, -0.05) is 12.8 Å². The average Bonchev–Trinajstić information content (AvgIpc) is 2.40. The fourth-order valence-electron chi connectivity index (χ4n) is 1.31. The number of rotatable bonds is 9. The summed E-state index contributed by atoms with van der Waals surface area (Å²) in [5.41, 5.74) is 0. The maximum Gasteiger partial charge on any atom is 0.311 e. The zero-order valence-corrected chi connectivity index (χ0v) is 11.8. The van der Waals surface area contributed by atoms with Gasteiger partial charge in [0.15, 0.2) is 0 Å². The van der Waals surface area contributed by atoms with Gasteiger partial charge in [0.2, 0.25) is 0 Å². The zero-order chi connectivity index (χ0) is 15.1. The minimum Gasteiger partial charge on any atom is -0.469 e. The lowest BCUT2D eigenvalue weighted by molar-refractivity contribution is -0.148. The molecule has 114 valence electrons. The fraction of sp³-hybridized carbons (Fsp3) is 0.846. The summed E-state index contributed by atoms with van der Waals surface area (Å²) in [5, 5.41) is 25.2. The standard InChI is InChI=1S/C7H12O4.C6H14O2/c1-5(9)3-6(4-8)7(10)11-2;7-5-3-1-2-4-6-8/h6,8H,3-4H2,1-2H3;7-8H,1-6H2. The Kier molecular flexibility index (Phi) is 16.1. The van der Waals surface area contributed by atoms with E-state index in [4.69, 9.17) is 15.3 Å². The van der Waals surface area contributed by atoms with Crippen molar-refractivity contribution in [3.05, 3.63) is 0 Å². The molecule has 0 heterocycles. The van der Waals surface area contributed by atoms with Crippen LogP contribution in [0.25, 0.3) is 0 Å². The van der Waals surface area contributed by atoms with Gasteiger partial charge >= 0.3 is 5.97 Å². The number of aliphatic hydroxyl groups excluding tert-OH is 3. The van der Waals surface area contributed by atoms with E-state index < -0.39 is 11.9 Å². The molecule has 0 bridgehead atoms. The predicted molar refractivity (Wildman–Crippen MR) is 70.5 cm³/mol. The number of Topliss-reactive ketones (excluding diaryl/α,β-unsaturated/α-hetero) is 1. The Hall–Kier alpha value is -0.980. The molecule has 0 rings (SSSR count). The van der Waals surface area contributed by atoms with Crippen LogP contribution in [0.1, 0.15) is 39.0 Å². The molecule has 0 amide bonds. The molecule has 3 N–H and O–H groups in total. The van der Waals surface area contributed by atoms with E-state index in [-0.39, 0.29) is 32.0 Å². The maximum atomic E-state index is 10.7. The molecule has 1 unspecified atom stereocenters. The van der Waals surface area contributed by atoms with Crippen molar-refractivity contribution in [2.75, 3.05) is 26.9 Å². The Morgan fingerprint density at radius 2 is 1.47 bits per heavy atom. The van der Waals surface area contributed by atoms with Crippen molar-refractivity contribution in [3.8, 4) is 0 Å². The van der Waals surface area contributed by atoms with E-state index in [1.165, 1.54) is 14.0 Å². The lowest BCUT2D eigenvalue weighted by atomic mass is 10.1. The van der Waals surface area contributed by atoms with Gasteiger partial charge in [0.05, 0.1) is 19.6 Å². The van der Waals surface area contributed by atoms with E-state index in [0.29, 0.717) is 0 Å². The van der Waals surface area contributed by atoms with Gasteiger partial charge in [-0.3, -0.25) is 4.79 Å². The Labute approximate surface area is 114 Å². The first-order valence-electron chi connectivity index (χ1n) is 6.43. The molecule has 1 atom stereocenters. The van der Waals surface area contributed by atoms with E-state index in [2.05, 4.69) is 4.74 Å². The second-order valence-electron chi connectivity index (χ2n) is 4.17. The second-order valence-corrected chi connectivity index (χ2v) is 4.17. The third kappa shape index (κ3) is 15.0. The smallest absolute Gasteiger partial charge is 0.311 e. The van der Waals surface area contributed by atoms with Crippen LogP contribution in [0.5, 0.6) is 0 Å². The van der Waals surface area contributed by atoms with Crippen LogP contribution in [0, 0.1) is 5.92 Å². The van der Waals surface area contributed by atoms with Crippen molar-refractivity contribution < 1.29 is 29.6 Å². The van der Waals surface area contributed by atoms with Crippen LogP contribution >= 0.6 is 0 Å². The van der Waals surface area contributed by atoms with Crippen LogP contribution in [-0.2, 0) is 14.3 Å². The first kappa shape index (κ1) is 20.3. The summed E-state index contributed by atoms with van der Waals surface area (Å²) in [6, 6.07) is 0. The number of hydrogen-bond acceptors (Lipinski definition) is 6. The molecule has 0 fully saturated rings. The highest BCUT2D eigenvalue weighted by atomic mass is 16.5. The highest BCUT2D eigenvalue weighted by Crippen LogP contribution is 2.04. The number of methoxy groups -OCH3 is 1. The van der Waals surface area contributed by atoms with Crippen LogP contribution in [-0.4, -0.2) is 54.0 Å².